The van der Waals surface area contributed by atoms with E-state index < -0.39 is 0 Å². The molecule has 5 nitrogen and oxygen atoms in total. The largest absolute Gasteiger partial charge is 0.355 e. The molecule has 2 saturated heterocycles. The average Bonchev–Trinajstić information content (AvgIpc) is 2.87. The standard InChI is InChI=1S/C14H25N3O2.ClH/c1-14(2,3)13(19)16-5-4-12(18)17-8-10-6-15-7-11(10)9-17;/h10-11,15H,4-9H2,1-3H3,(H,16,19);1H/t10-,11+;. The number of carbonyl (C=O) groups is 2. The summed E-state index contributed by atoms with van der Waals surface area (Å²) in [5.74, 6) is 1.44. The second kappa shape index (κ2) is 6.76. The Morgan fingerprint density at radius 2 is 1.75 bits per heavy atom. The molecular weight excluding hydrogens is 278 g/mol. The molecule has 0 aromatic carbocycles. The number of halogens is 1. The molecular formula is C14H26ClN3O2. The van der Waals surface area contributed by atoms with Crippen LogP contribution in [0.4, 0.5) is 0 Å². The van der Waals surface area contributed by atoms with Gasteiger partial charge in [0.15, 0.2) is 0 Å². The van der Waals surface area contributed by atoms with Crippen LogP contribution < -0.4 is 10.6 Å². The Kier molecular flexibility index (Phi) is 5.83. The Morgan fingerprint density at radius 1 is 1.20 bits per heavy atom. The zero-order valence-electron chi connectivity index (χ0n) is 12.6. The van der Waals surface area contributed by atoms with E-state index in [0.717, 1.165) is 26.2 Å². The van der Waals surface area contributed by atoms with Crippen molar-refractivity contribution in [3.05, 3.63) is 0 Å². The molecule has 20 heavy (non-hydrogen) atoms. The number of rotatable bonds is 3. The SMILES string of the molecule is CC(C)(C)C(=O)NCCC(=O)N1C[C@H]2CNC[C@H]2C1.Cl. The van der Waals surface area contributed by atoms with Crippen molar-refractivity contribution in [2.45, 2.75) is 27.2 Å². The number of nitrogens with zero attached hydrogens (tertiary/aromatic N) is 1. The molecule has 0 aromatic heterocycles. The smallest absolute Gasteiger partial charge is 0.225 e. The molecule has 2 atom stereocenters. The van der Waals surface area contributed by atoms with Crippen molar-refractivity contribution in [3.8, 4) is 0 Å². The minimum absolute atomic E-state index is 0. The van der Waals surface area contributed by atoms with E-state index in [1.54, 1.807) is 0 Å². The fraction of sp³-hybridized carbons (Fsp3) is 0.857. The topological polar surface area (TPSA) is 61.4 Å². The van der Waals surface area contributed by atoms with Crippen molar-refractivity contribution >= 4 is 24.2 Å². The normalized spacial score (nSPS) is 25.1. The summed E-state index contributed by atoms with van der Waals surface area (Å²) < 4.78 is 0. The minimum atomic E-state index is -0.389. The van der Waals surface area contributed by atoms with Gasteiger partial charge in [0.25, 0.3) is 0 Å². The zero-order chi connectivity index (χ0) is 14.0. The van der Waals surface area contributed by atoms with Gasteiger partial charge in [-0.3, -0.25) is 9.59 Å². The fourth-order valence-electron chi connectivity index (χ4n) is 2.77. The maximum Gasteiger partial charge on any atom is 0.225 e. The monoisotopic (exact) mass is 303 g/mol. The van der Waals surface area contributed by atoms with Gasteiger partial charge in [-0.15, -0.1) is 12.4 Å². The Morgan fingerprint density at radius 3 is 2.25 bits per heavy atom. The maximum atomic E-state index is 12.1. The molecule has 0 aromatic rings. The fourth-order valence-corrected chi connectivity index (χ4v) is 2.77. The van der Waals surface area contributed by atoms with Gasteiger partial charge in [-0.1, -0.05) is 20.8 Å². The predicted molar refractivity (Wildman–Crippen MR) is 80.8 cm³/mol. The van der Waals surface area contributed by atoms with E-state index in [2.05, 4.69) is 10.6 Å². The number of likely N-dealkylation sites (tertiary alicyclic amines) is 1. The van der Waals surface area contributed by atoms with Crippen LogP contribution in [0.2, 0.25) is 0 Å². The molecule has 2 heterocycles. The molecule has 2 amide bonds. The van der Waals surface area contributed by atoms with Gasteiger partial charge >= 0.3 is 0 Å². The number of amides is 2. The number of hydrogen-bond donors (Lipinski definition) is 2. The molecule has 0 bridgehead atoms. The molecule has 116 valence electrons. The van der Waals surface area contributed by atoms with Crippen LogP contribution in [-0.4, -0.2) is 49.4 Å². The number of nitrogens with one attached hydrogen (secondary N) is 2. The first kappa shape index (κ1) is 17.2. The second-order valence-corrected chi connectivity index (χ2v) is 6.73. The van der Waals surface area contributed by atoms with Crippen LogP contribution in [-0.2, 0) is 9.59 Å². The van der Waals surface area contributed by atoms with Gasteiger partial charge in [0.2, 0.25) is 11.8 Å². The highest BCUT2D eigenvalue weighted by atomic mass is 35.5. The molecule has 2 aliphatic rings. The summed E-state index contributed by atoms with van der Waals surface area (Å²) in [6.07, 6.45) is 0.411. The van der Waals surface area contributed by atoms with Gasteiger partial charge in [0.1, 0.15) is 0 Å². The van der Waals surface area contributed by atoms with Crippen LogP contribution in [0.1, 0.15) is 27.2 Å². The molecule has 2 fully saturated rings. The van der Waals surface area contributed by atoms with Crippen molar-refractivity contribution < 1.29 is 9.59 Å². The summed E-state index contributed by atoms with van der Waals surface area (Å²) >= 11 is 0. The van der Waals surface area contributed by atoms with Crippen molar-refractivity contribution in [2.75, 3.05) is 32.7 Å². The summed E-state index contributed by atoms with van der Waals surface area (Å²) in [6, 6.07) is 0. The number of hydrogen-bond acceptors (Lipinski definition) is 3. The Bertz CT molecular complexity index is 356. The lowest BCUT2D eigenvalue weighted by molar-refractivity contribution is -0.131. The Hall–Kier alpha value is -0.810. The van der Waals surface area contributed by atoms with E-state index >= 15 is 0 Å². The maximum absolute atomic E-state index is 12.1. The molecule has 2 rings (SSSR count). The molecule has 6 heteroatoms. The van der Waals surface area contributed by atoms with E-state index in [1.807, 2.05) is 25.7 Å². The number of fused-ring (bicyclic) bond motifs is 1. The molecule has 0 aliphatic carbocycles. The summed E-state index contributed by atoms with van der Waals surface area (Å²) in [7, 11) is 0. The minimum Gasteiger partial charge on any atom is -0.355 e. The van der Waals surface area contributed by atoms with E-state index in [4.69, 9.17) is 0 Å². The van der Waals surface area contributed by atoms with Crippen LogP contribution in [0.25, 0.3) is 0 Å². The van der Waals surface area contributed by atoms with Gasteiger partial charge < -0.3 is 15.5 Å². The van der Waals surface area contributed by atoms with E-state index in [1.165, 1.54) is 0 Å². The lowest BCUT2D eigenvalue weighted by atomic mass is 9.96. The molecule has 2 aliphatic heterocycles. The summed E-state index contributed by atoms with van der Waals surface area (Å²) in [4.78, 5) is 25.7. The quantitative estimate of drug-likeness (QED) is 0.804. The highest BCUT2D eigenvalue weighted by Crippen LogP contribution is 2.26. The van der Waals surface area contributed by atoms with Crippen LogP contribution in [0.3, 0.4) is 0 Å². The van der Waals surface area contributed by atoms with E-state index in [-0.39, 0.29) is 29.6 Å². The predicted octanol–water partition coefficient (Wildman–Crippen LogP) is 0.638. The van der Waals surface area contributed by atoms with E-state index in [0.29, 0.717) is 24.8 Å². The average molecular weight is 304 g/mol. The Labute approximate surface area is 127 Å². The number of carbonyl (C=O) groups excluding carboxylic acids is 2. The van der Waals surface area contributed by atoms with Gasteiger partial charge in [0.05, 0.1) is 0 Å². The van der Waals surface area contributed by atoms with Crippen LogP contribution in [0.5, 0.6) is 0 Å². The third kappa shape index (κ3) is 4.09. The zero-order valence-corrected chi connectivity index (χ0v) is 13.4. The molecule has 2 N–H and O–H groups in total. The molecule has 0 spiro atoms. The second-order valence-electron chi connectivity index (χ2n) is 6.73. The van der Waals surface area contributed by atoms with Gasteiger partial charge in [0, 0.05) is 44.6 Å². The van der Waals surface area contributed by atoms with Gasteiger partial charge in [-0.2, -0.15) is 0 Å². The first-order chi connectivity index (χ1) is 8.88. The van der Waals surface area contributed by atoms with E-state index in [9.17, 15) is 9.59 Å². The van der Waals surface area contributed by atoms with Crippen molar-refractivity contribution in [2.24, 2.45) is 17.3 Å². The van der Waals surface area contributed by atoms with Crippen LogP contribution >= 0.6 is 12.4 Å². The molecule has 0 saturated carbocycles. The Balaban J connectivity index is 0.00000200. The van der Waals surface area contributed by atoms with Crippen molar-refractivity contribution in [1.29, 1.82) is 0 Å². The van der Waals surface area contributed by atoms with Gasteiger partial charge in [-0.25, -0.2) is 0 Å². The highest BCUT2D eigenvalue weighted by molar-refractivity contribution is 5.85. The van der Waals surface area contributed by atoms with Crippen molar-refractivity contribution in [1.82, 2.24) is 15.5 Å². The third-order valence-corrected chi connectivity index (χ3v) is 4.05. The van der Waals surface area contributed by atoms with Crippen molar-refractivity contribution in [3.63, 3.8) is 0 Å². The first-order valence-corrected chi connectivity index (χ1v) is 7.14. The highest BCUT2D eigenvalue weighted by Gasteiger charge is 2.37. The van der Waals surface area contributed by atoms with Crippen LogP contribution in [0, 0.1) is 17.3 Å². The third-order valence-electron chi connectivity index (χ3n) is 4.05. The summed E-state index contributed by atoms with van der Waals surface area (Å²) in [5, 5.41) is 6.19. The summed E-state index contributed by atoms with van der Waals surface area (Å²) in [6.45, 7) is 9.90. The lowest BCUT2D eigenvalue weighted by Gasteiger charge is -2.20. The molecule has 0 radical (unpaired) electrons. The van der Waals surface area contributed by atoms with Crippen LogP contribution in [0.15, 0.2) is 0 Å². The summed E-state index contributed by atoms with van der Waals surface area (Å²) in [5.41, 5.74) is -0.389. The lowest BCUT2D eigenvalue weighted by Crippen LogP contribution is -2.38. The molecule has 0 unspecified atom stereocenters. The first-order valence-electron chi connectivity index (χ1n) is 7.14. The van der Waals surface area contributed by atoms with Gasteiger partial charge in [-0.05, 0) is 11.8 Å².